The lowest BCUT2D eigenvalue weighted by Crippen LogP contribution is -1.96. The molecule has 0 bridgehead atoms. The second-order valence-electron chi connectivity index (χ2n) is 12.5. The molecule has 0 amide bonds. The van der Waals surface area contributed by atoms with Gasteiger partial charge in [0.05, 0.1) is 22.6 Å². The molecule has 0 atom stereocenters. The van der Waals surface area contributed by atoms with Gasteiger partial charge in [-0.2, -0.15) is 0 Å². The molecule has 2 aromatic heterocycles. The zero-order chi connectivity index (χ0) is 33.3. The Morgan fingerprint density at radius 2 is 0.780 bits per heavy atom. The van der Waals surface area contributed by atoms with Crippen LogP contribution in [0.15, 0.2) is 188 Å². The SMILES string of the molecule is c1ccc(-c2cc(-c3ccccc3)nc(-c3cccc(-c4ccc5ccc6nc(-c7ccccc7)cc(-c7ccccc7)c6c5c4)c3)n2)cc1. The van der Waals surface area contributed by atoms with Gasteiger partial charge in [0.2, 0.25) is 0 Å². The van der Waals surface area contributed by atoms with Gasteiger partial charge in [-0.3, -0.25) is 0 Å². The van der Waals surface area contributed by atoms with Crippen LogP contribution < -0.4 is 0 Å². The first-order valence-electron chi connectivity index (χ1n) is 16.9. The van der Waals surface area contributed by atoms with E-state index < -0.39 is 0 Å². The second-order valence-corrected chi connectivity index (χ2v) is 12.5. The smallest absolute Gasteiger partial charge is 0.160 e. The molecule has 3 heteroatoms. The standard InChI is InChI=1S/C47H31N3/c1-5-14-32(15-6-1)41-30-43(34-16-7-2-8-17-34)48-42-27-26-33-24-25-38(29-40(33)46(41)42)37-22-13-23-39(28-37)47-49-44(35-18-9-3-10-19-35)31-45(50-47)36-20-11-4-12-21-36/h1-31H. The van der Waals surface area contributed by atoms with Gasteiger partial charge in [-0.15, -0.1) is 0 Å². The highest BCUT2D eigenvalue weighted by atomic mass is 14.9. The van der Waals surface area contributed by atoms with Crippen molar-refractivity contribution < 1.29 is 0 Å². The maximum absolute atomic E-state index is 5.19. The minimum atomic E-state index is 0.697. The first kappa shape index (κ1) is 29.4. The lowest BCUT2D eigenvalue weighted by atomic mass is 9.92. The van der Waals surface area contributed by atoms with Gasteiger partial charge >= 0.3 is 0 Å². The topological polar surface area (TPSA) is 38.7 Å². The third-order valence-electron chi connectivity index (χ3n) is 9.26. The van der Waals surface area contributed by atoms with Crippen LogP contribution in [0.4, 0.5) is 0 Å². The average molecular weight is 638 g/mol. The average Bonchev–Trinajstić information content (AvgIpc) is 3.21. The summed E-state index contributed by atoms with van der Waals surface area (Å²) < 4.78 is 0. The van der Waals surface area contributed by atoms with E-state index in [4.69, 9.17) is 15.0 Å². The van der Waals surface area contributed by atoms with Crippen molar-refractivity contribution in [3.8, 4) is 67.4 Å². The molecule has 0 spiro atoms. The molecule has 0 N–H and O–H groups in total. The van der Waals surface area contributed by atoms with E-state index in [9.17, 15) is 0 Å². The zero-order valence-electron chi connectivity index (χ0n) is 27.2. The van der Waals surface area contributed by atoms with Gasteiger partial charge in [-0.05, 0) is 63.4 Å². The summed E-state index contributed by atoms with van der Waals surface area (Å²) >= 11 is 0. The predicted molar refractivity (Wildman–Crippen MR) is 207 cm³/mol. The molecule has 0 aliphatic rings. The highest BCUT2D eigenvalue weighted by Gasteiger charge is 2.15. The number of benzene rings is 7. The third kappa shape index (κ3) is 5.61. The van der Waals surface area contributed by atoms with Crippen molar-refractivity contribution in [3.05, 3.63) is 188 Å². The molecule has 0 fully saturated rings. The molecule has 0 radical (unpaired) electrons. The Morgan fingerprint density at radius 3 is 1.38 bits per heavy atom. The van der Waals surface area contributed by atoms with E-state index in [2.05, 4.69) is 146 Å². The minimum absolute atomic E-state index is 0.697. The van der Waals surface area contributed by atoms with Crippen LogP contribution in [-0.2, 0) is 0 Å². The van der Waals surface area contributed by atoms with Crippen molar-refractivity contribution in [1.82, 2.24) is 15.0 Å². The summed E-state index contributed by atoms with van der Waals surface area (Å²) in [7, 11) is 0. The van der Waals surface area contributed by atoms with Gasteiger partial charge in [-0.25, -0.2) is 15.0 Å². The van der Waals surface area contributed by atoms with Gasteiger partial charge in [0, 0.05) is 27.6 Å². The molecule has 9 rings (SSSR count). The van der Waals surface area contributed by atoms with E-state index in [1.807, 2.05) is 42.5 Å². The maximum Gasteiger partial charge on any atom is 0.160 e. The van der Waals surface area contributed by atoms with E-state index in [1.165, 1.54) is 21.9 Å². The third-order valence-corrected chi connectivity index (χ3v) is 9.26. The van der Waals surface area contributed by atoms with Crippen LogP contribution in [0.3, 0.4) is 0 Å². The molecule has 9 aromatic rings. The highest BCUT2D eigenvalue weighted by molar-refractivity contribution is 6.14. The number of hydrogen-bond donors (Lipinski definition) is 0. The largest absolute Gasteiger partial charge is 0.248 e. The van der Waals surface area contributed by atoms with E-state index in [0.29, 0.717) is 5.82 Å². The molecule has 0 aliphatic carbocycles. The number of rotatable bonds is 6. The Morgan fingerprint density at radius 1 is 0.300 bits per heavy atom. The monoisotopic (exact) mass is 637 g/mol. The highest BCUT2D eigenvalue weighted by Crippen LogP contribution is 2.38. The number of hydrogen-bond acceptors (Lipinski definition) is 3. The van der Waals surface area contributed by atoms with Crippen LogP contribution in [-0.4, -0.2) is 15.0 Å². The first-order valence-corrected chi connectivity index (χ1v) is 16.9. The van der Waals surface area contributed by atoms with Gasteiger partial charge < -0.3 is 0 Å². The molecule has 3 nitrogen and oxygen atoms in total. The number of fused-ring (bicyclic) bond motifs is 3. The maximum atomic E-state index is 5.19. The predicted octanol–water partition coefficient (Wildman–Crippen LogP) is 12.2. The van der Waals surface area contributed by atoms with Crippen molar-refractivity contribution in [2.45, 2.75) is 0 Å². The van der Waals surface area contributed by atoms with Crippen LogP contribution in [0.1, 0.15) is 0 Å². The minimum Gasteiger partial charge on any atom is -0.248 e. The molecule has 50 heavy (non-hydrogen) atoms. The van der Waals surface area contributed by atoms with Gasteiger partial charge in [0.25, 0.3) is 0 Å². The van der Waals surface area contributed by atoms with Gasteiger partial charge in [0.1, 0.15) is 0 Å². The van der Waals surface area contributed by atoms with E-state index in [1.54, 1.807) is 0 Å². The summed E-state index contributed by atoms with van der Waals surface area (Å²) in [5.74, 6) is 0.697. The van der Waals surface area contributed by atoms with Crippen LogP contribution in [0, 0.1) is 0 Å². The molecular weight excluding hydrogens is 607 g/mol. The van der Waals surface area contributed by atoms with E-state index in [0.717, 1.165) is 61.4 Å². The normalized spacial score (nSPS) is 11.2. The Balaban J connectivity index is 1.20. The molecule has 7 aromatic carbocycles. The lowest BCUT2D eigenvalue weighted by molar-refractivity contribution is 1.18. The summed E-state index contributed by atoms with van der Waals surface area (Å²) in [5.41, 5.74) is 12.5. The summed E-state index contributed by atoms with van der Waals surface area (Å²) in [6, 6.07) is 65.6. The number of nitrogens with zero attached hydrogens (tertiary/aromatic N) is 3. The summed E-state index contributed by atoms with van der Waals surface area (Å²) in [6.45, 7) is 0. The molecular formula is C47H31N3. The van der Waals surface area contributed by atoms with Crippen LogP contribution in [0.25, 0.3) is 89.1 Å². The fraction of sp³-hybridized carbons (Fsp3) is 0. The Hall–Kier alpha value is -6.71. The fourth-order valence-electron chi connectivity index (χ4n) is 6.76. The van der Waals surface area contributed by atoms with Gasteiger partial charge in [-0.1, -0.05) is 158 Å². The molecule has 0 unspecified atom stereocenters. The van der Waals surface area contributed by atoms with Crippen LogP contribution in [0.5, 0.6) is 0 Å². The van der Waals surface area contributed by atoms with E-state index in [-0.39, 0.29) is 0 Å². The molecule has 0 aliphatic heterocycles. The zero-order valence-corrected chi connectivity index (χ0v) is 27.2. The van der Waals surface area contributed by atoms with Crippen molar-refractivity contribution in [3.63, 3.8) is 0 Å². The fourth-order valence-corrected chi connectivity index (χ4v) is 6.76. The van der Waals surface area contributed by atoms with Crippen molar-refractivity contribution in [2.24, 2.45) is 0 Å². The summed E-state index contributed by atoms with van der Waals surface area (Å²) in [5, 5.41) is 3.50. The quantitative estimate of drug-likeness (QED) is 0.170. The summed E-state index contributed by atoms with van der Waals surface area (Å²) in [6.07, 6.45) is 0. The first-order chi connectivity index (χ1) is 24.8. The number of pyridine rings is 1. The molecule has 0 saturated carbocycles. The van der Waals surface area contributed by atoms with Crippen molar-refractivity contribution >= 4 is 21.7 Å². The molecule has 234 valence electrons. The van der Waals surface area contributed by atoms with E-state index >= 15 is 0 Å². The van der Waals surface area contributed by atoms with Crippen LogP contribution >= 0.6 is 0 Å². The molecule has 2 heterocycles. The van der Waals surface area contributed by atoms with Crippen molar-refractivity contribution in [1.29, 1.82) is 0 Å². The van der Waals surface area contributed by atoms with Gasteiger partial charge in [0.15, 0.2) is 5.82 Å². The number of aromatic nitrogens is 3. The lowest BCUT2D eigenvalue weighted by Gasteiger charge is -2.14. The Bertz CT molecular complexity index is 2560. The van der Waals surface area contributed by atoms with Crippen LogP contribution in [0.2, 0.25) is 0 Å². The Labute approximate surface area is 291 Å². The Kier molecular flexibility index (Phi) is 7.49. The second kappa shape index (κ2) is 12.7. The molecule has 0 saturated heterocycles. The summed E-state index contributed by atoms with van der Waals surface area (Å²) in [4.78, 5) is 15.4. The van der Waals surface area contributed by atoms with Crippen molar-refractivity contribution in [2.75, 3.05) is 0 Å².